The summed E-state index contributed by atoms with van der Waals surface area (Å²) in [5.41, 5.74) is 0. The van der Waals surface area contributed by atoms with Crippen LogP contribution in [0.15, 0.2) is 22.8 Å². The number of hydrogen-bond acceptors (Lipinski definition) is 4. The summed E-state index contributed by atoms with van der Waals surface area (Å²) in [4.78, 5) is 0. The first-order chi connectivity index (χ1) is 8.33. The molecule has 1 unspecified atom stereocenters. The molecule has 0 saturated heterocycles. The minimum absolute atomic E-state index is 0.431. The van der Waals surface area contributed by atoms with Crippen molar-refractivity contribution in [2.75, 3.05) is 33.5 Å². The quantitative estimate of drug-likeness (QED) is 0.635. The second kappa shape index (κ2) is 9.22. The highest BCUT2D eigenvalue weighted by molar-refractivity contribution is 4.99. The zero-order valence-electron chi connectivity index (χ0n) is 10.8. The number of rotatable bonds is 10. The van der Waals surface area contributed by atoms with Crippen LogP contribution in [0.2, 0.25) is 0 Å². The minimum atomic E-state index is 0.431. The van der Waals surface area contributed by atoms with E-state index in [-0.39, 0.29) is 0 Å². The van der Waals surface area contributed by atoms with Gasteiger partial charge in [0.1, 0.15) is 5.76 Å². The molecule has 0 aliphatic rings. The van der Waals surface area contributed by atoms with Crippen molar-refractivity contribution in [1.82, 2.24) is 5.32 Å². The molecule has 0 radical (unpaired) electrons. The zero-order chi connectivity index (χ0) is 12.3. The molecule has 0 aliphatic heterocycles. The number of ether oxygens (including phenoxy) is 2. The van der Waals surface area contributed by atoms with Gasteiger partial charge in [0, 0.05) is 26.2 Å². The summed E-state index contributed by atoms with van der Waals surface area (Å²) < 4.78 is 15.6. The van der Waals surface area contributed by atoms with Crippen LogP contribution < -0.4 is 5.32 Å². The Balaban J connectivity index is 1.92. The molecule has 0 spiro atoms. The van der Waals surface area contributed by atoms with E-state index in [1.165, 1.54) is 0 Å². The SMILES string of the molecule is COCCOCCCNC(C)Cc1ccco1. The molecule has 1 atom stereocenters. The highest BCUT2D eigenvalue weighted by atomic mass is 16.5. The molecule has 0 bridgehead atoms. The third-order valence-corrected chi connectivity index (χ3v) is 2.48. The van der Waals surface area contributed by atoms with E-state index in [1.807, 2.05) is 12.1 Å². The normalized spacial score (nSPS) is 12.8. The Morgan fingerprint density at radius 1 is 1.35 bits per heavy atom. The molecule has 1 aromatic heterocycles. The van der Waals surface area contributed by atoms with Gasteiger partial charge in [-0.15, -0.1) is 0 Å². The lowest BCUT2D eigenvalue weighted by Gasteiger charge is -2.12. The van der Waals surface area contributed by atoms with Crippen LogP contribution in [0, 0.1) is 0 Å². The molecule has 4 heteroatoms. The Hall–Kier alpha value is -0.840. The Labute approximate surface area is 103 Å². The van der Waals surface area contributed by atoms with Crippen molar-refractivity contribution in [3.05, 3.63) is 24.2 Å². The fourth-order valence-electron chi connectivity index (χ4n) is 1.57. The van der Waals surface area contributed by atoms with Gasteiger partial charge in [-0.25, -0.2) is 0 Å². The van der Waals surface area contributed by atoms with Crippen LogP contribution >= 0.6 is 0 Å². The van der Waals surface area contributed by atoms with Gasteiger partial charge in [0.15, 0.2) is 0 Å². The largest absolute Gasteiger partial charge is 0.469 e. The molecule has 1 rings (SSSR count). The topological polar surface area (TPSA) is 43.6 Å². The maximum Gasteiger partial charge on any atom is 0.105 e. The van der Waals surface area contributed by atoms with Crippen molar-refractivity contribution in [1.29, 1.82) is 0 Å². The molecule has 98 valence electrons. The first-order valence-electron chi connectivity index (χ1n) is 6.15. The van der Waals surface area contributed by atoms with Crippen molar-refractivity contribution in [2.45, 2.75) is 25.8 Å². The Morgan fingerprint density at radius 3 is 2.94 bits per heavy atom. The van der Waals surface area contributed by atoms with E-state index in [4.69, 9.17) is 13.9 Å². The highest BCUT2D eigenvalue weighted by Gasteiger charge is 2.04. The summed E-state index contributed by atoms with van der Waals surface area (Å²) in [6.07, 6.45) is 3.66. The van der Waals surface area contributed by atoms with Crippen LogP contribution in [0.25, 0.3) is 0 Å². The van der Waals surface area contributed by atoms with Crippen molar-refractivity contribution in [2.24, 2.45) is 0 Å². The van der Waals surface area contributed by atoms with Crippen LogP contribution in [-0.2, 0) is 15.9 Å². The van der Waals surface area contributed by atoms with E-state index in [0.717, 1.165) is 31.8 Å². The predicted octanol–water partition coefficient (Wildman–Crippen LogP) is 1.85. The molecular weight excluding hydrogens is 218 g/mol. The Kier molecular flexibility index (Phi) is 7.71. The second-order valence-electron chi connectivity index (χ2n) is 4.10. The Morgan fingerprint density at radius 2 is 2.24 bits per heavy atom. The van der Waals surface area contributed by atoms with E-state index >= 15 is 0 Å². The van der Waals surface area contributed by atoms with Crippen molar-refractivity contribution < 1.29 is 13.9 Å². The van der Waals surface area contributed by atoms with Crippen LogP contribution in [0.1, 0.15) is 19.1 Å². The summed E-state index contributed by atoms with van der Waals surface area (Å²) >= 11 is 0. The molecule has 1 aromatic rings. The van der Waals surface area contributed by atoms with Crippen LogP contribution in [0.4, 0.5) is 0 Å². The van der Waals surface area contributed by atoms with Gasteiger partial charge in [-0.2, -0.15) is 0 Å². The summed E-state index contributed by atoms with van der Waals surface area (Å²) in [6, 6.07) is 4.36. The molecule has 0 fully saturated rings. The number of hydrogen-bond donors (Lipinski definition) is 1. The second-order valence-corrected chi connectivity index (χ2v) is 4.10. The number of methoxy groups -OCH3 is 1. The third-order valence-electron chi connectivity index (χ3n) is 2.48. The van der Waals surface area contributed by atoms with Gasteiger partial charge in [-0.1, -0.05) is 0 Å². The summed E-state index contributed by atoms with van der Waals surface area (Å²) in [6.45, 7) is 5.26. The van der Waals surface area contributed by atoms with Gasteiger partial charge in [-0.3, -0.25) is 0 Å². The molecule has 0 amide bonds. The number of furan rings is 1. The van der Waals surface area contributed by atoms with Gasteiger partial charge in [0.25, 0.3) is 0 Å². The predicted molar refractivity (Wildman–Crippen MR) is 67.2 cm³/mol. The highest BCUT2D eigenvalue weighted by Crippen LogP contribution is 2.03. The van der Waals surface area contributed by atoms with Crippen molar-refractivity contribution >= 4 is 0 Å². The smallest absolute Gasteiger partial charge is 0.105 e. The van der Waals surface area contributed by atoms with Gasteiger partial charge in [0.2, 0.25) is 0 Å². The van der Waals surface area contributed by atoms with E-state index in [0.29, 0.717) is 19.3 Å². The molecular formula is C13H23NO3. The lowest BCUT2D eigenvalue weighted by molar-refractivity contribution is 0.0693. The van der Waals surface area contributed by atoms with Gasteiger partial charge in [-0.05, 0) is 32.0 Å². The van der Waals surface area contributed by atoms with Gasteiger partial charge < -0.3 is 19.2 Å². The first-order valence-corrected chi connectivity index (χ1v) is 6.15. The van der Waals surface area contributed by atoms with Crippen molar-refractivity contribution in [3.63, 3.8) is 0 Å². The maximum atomic E-state index is 5.38. The summed E-state index contributed by atoms with van der Waals surface area (Å²) in [5.74, 6) is 1.03. The molecule has 4 nitrogen and oxygen atoms in total. The maximum absolute atomic E-state index is 5.38. The standard InChI is InChI=1S/C13H23NO3/c1-12(11-13-5-3-8-17-13)14-6-4-7-16-10-9-15-2/h3,5,8,12,14H,4,6-7,9-11H2,1-2H3. The average molecular weight is 241 g/mol. The minimum Gasteiger partial charge on any atom is -0.469 e. The zero-order valence-corrected chi connectivity index (χ0v) is 10.8. The first kappa shape index (κ1) is 14.2. The molecule has 1 N–H and O–H groups in total. The lowest BCUT2D eigenvalue weighted by atomic mass is 10.2. The van der Waals surface area contributed by atoms with E-state index in [1.54, 1.807) is 13.4 Å². The number of nitrogens with one attached hydrogen (secondary N) is 1. The third kappa shape index (κ3) is 7.15. The molecule has 17 heavy (non-hydrogen) atoms. The van der Waals surface area contributed by atoms with Crippen LogP contribution in [0.3, 0.4) is 0 Å². The summed E-state index contributed by atoms with van der Waals surface area (Å²) in [7, 11) is 1.68. The average Bonchev–Trinajstić information content (AvgIpc) is 2.80. The molecule has 0 saturated carbocycles. The fraction of sp³-hybridized carbons (Fsp3) is 0.692. The summed E-state index contributed by atoms with van der Waals surface area (Å²) in [5, 5.41) is 3.44. The van der Waals surface area contributed by atoms with E-state index in [9.17, 15) is 0 Å². The molecule has 1 heterocycles. The fourth-order valence-corrected chi connectivity index (χ4v) is 1.57. The molecule has 0 aromatic carbocycles. The molecule has 0 aliphatic carbocycles. The Bertz CT molecular complexity index is 262. The monoisotopic (exact) mass is 241 g/mol. The van der Waals surface area contributed by atoms with Crippen molar-refractivity contribution in [3.8, 4) is 0 Å². The van der Waals surface area contributed by atoms with Gasteiger partial charge >= 0.3 is 0 Å². The van der Waals surface area contributed by atoms with Crippen LogP contribution in [0.5, 0.6) is 0 Å². The van der Waals surface area contributed by atoms with E-state index in [2.05, 4.69) is 12.2 Å². The lowest BCUT2D eigenvalue weighted by Crippen LogP contribution is -2.29. The van der Waals surface area contributed by atoms with E-state index < -0.39 is 0 Å². The van der Waals surface area contributed by atoms with Gasteiger partial charge in [0.05, 0.1) is 19.5 Å². The van der Waals surface area contributed by atoms with Crippen LogP contribution in [-0.4, -0.2) is 39.5 Å².